The number of benzene rings is 2. The lowest BCUT2D eigenvalue weighted by Crippen LogP contribution is -2.54. The topological polar surface area (TPSA) is 40.6 Å². The van der Waals surface area contributed by atoms with Crippen LogP contribution in [0.25, 0.3) is 0 Å². The molecule has 0 atom stereocenters. The average Bonchev–Trinajstić information content (AvgIpc) is 2.60. The third kappa shape index (κ3) is 3.98. The molecule has 0 unspecified atom stereocenters. The van der Waals surface area contributed by atoms with Gasteiger partial charge in [0.05, 0.1) is 0 Å². The minimum atomic E-state index is -0.578. The van der Waals surface area contributed by atoms with E-state index >= 15 is 0 Å². The summed E-state index contributed by atoms with van der Waals surface area (Å²) in [5.41, 5.74) is 2.24. The molecule has 1 saturated heterocycles. The summed E-state index contributed by atoms with van der Waals surface area (Å²) < 4.78 is 13.2. The molecule has 2 aromatic carbocycles. The first kappa shape index (κ1) is 19.4. The molecular formula is C21H22ClFN2O2. The van der Waals surface area contributed by atoms with Gasteiger partial charge in [0.1, 0.15) is 5.82 Å². The molecule has 0 spiro atoms. The highest BCUT2D eigenvalue weighted by molar-refractivity contribution is 6.41. The zero-order valence-electron chi connectivity index (χ0n) is 15.6. The minimum Gasteiger partial charge on any atom is -0.328 e. The molecule has 0 bridgehead atoms. The fourth-order valence-corrected chi connectivity index (χ4v) is 3.48. The van der Waals surface area contributed by atoms with E-state index in [0.29, 0.717) is 18.7 Å². The zero-order valence-corrected chi connectivity index (χ0v) is 16.4. The second-order valence-electron chi connectivity index (χ2n) is 7.69. The molecule has 0 N–H and O–H groups in total. The summed E-state index contributed by atoms with van der Waals surface area (Å²) >= 11 is 6.06. The van der Waals surface area contributed by atoms with E-state index in [0.717, 1.165) is 11.3 Å². The lowest BCUT2D eigenvalue weighted by molar-refractivity contribution is -0.146. The molecule has 1 aliphatic rings. The van der Waals surface area contributed by atoms with Gasteiger partial charge in [-0.2, -0.15) is 0 Å². The van der Waals surface area contributed by atoms with E-state index in [1.165, 1.54) is 23.1 Å². The number of carbonyl (C=O) groups excluding carboxylic acids is 2. The number of para-hydroxylation sites is 1. The van der Waals surface area contributed by atoms with E-state index in [-0.39, 0.29) is 17.0 Å². The van der Waals surface area contributed by atoms with Gasteiger partial charge in [-0.25, -0.2) is 4.39 Å². The van der Waals surface area contributed by atoms with Gasteiger partial charge in [0, 0.05) is 30.3 Å². The Morgan fingerprint density at radius 1 is 1.04 bits per heavy atom. The number of amides is 2. The van der Waals surface area contributed by atoms with E-state index in [1.807, 2.05) is 24.3 Å². The van der Waals surface area contributed by atoms with Gasteiger partial charge >= 0.3 is 11.8 Å². The van der Waals surface area contributed by atoms with Gasteiger partial charge in [0.25, 0.3) is 0 Å². The van der Waals surface area contributed by atoms with Crippen molar-refractivity contribution in [1.29, 1.82) is 0 Å². The highest BCUT2D eigenvalue weighted by Crippen LogP contribution is 2.33. The number of halogens is 2. The van der Waals surface area contributed by atoms with Crippen LogP contribution >= 0.6 is 11.6 Å². The summed E-state index contributed by atoms with van der Waals surface area (Å²) in [4.78, 5) is 28.5. The van der Waals surface area contributed by atoms with Crippen molar-refractivity contribution in [3.63, 3.8) is 0 Å². The maximum atomic E-state index is 13.2. The number of anilines is 1. The summed E-state index contributed by atoms with van der Waals surface area (Å²) in [6.07, 6.45) is 0. The number of piperazine rings is 1. The lowest BCUT2D eigenvalue weighted by Gasteiger charge is -2.36. The Balaban J connectivity index is 1.83. The third-order valence-electron chi connectivity index (χ3n) is 4.69. The fraction of sp³-hybridized carbons (Fsp3) is 0.333. The summed E-state index contributed by atoms with van der Waals surface area (Å²) in [7, 11) is 0. The molecule has 3 rings (SSSR count). The first-order chi connectivity index (χ1) is 12.7. The van der Waals surface area contributed by atoms with Crippen LogP contribution in [-0.4, -0.2) is 29.8 Å². The van der Waals surface area contributed by atoms with Crippen LogP contribution in [0.2, 0.25) is 5.02 Å². The van der Waals surface area contributed by atoms with Gasteiger partial charge in [-0.05, 0) is 34.7 Å². The molecule has 0 radical (unpaired) electrons. The number of hydrogen-bond donors (Lipinski definition) is 0. The number of rotatable bonds is 3. The van der Waals surface area contributed by atoms with Gasteiger partial charge in [-0.15, -0.1) is 0 Å². The van der Waals surface area contributed by atoms with Crippen molar-refractivity contribution in [2.75, 3.05) is 18.0 Å². The fourth-order valence-electron chi connectivity index (χ4n) is 3.25. The summed E-state index contributed by atoms with van der Waals surface area (Å²) in [6.45, 7) is 7.19. The molecular weight excluding hydrogens is 367 g/mol. The first-order valence-electron chi connectivity index (χ1n) is 8.82. The second kappa shape index (κ2) is 7.31. The third-order valence-corrected chi connectivity index (χ3v) is 5.04. The number of carbonyl (C=O) groups is 2. The molecule has 6 heteroatoms. The molecule has 2 amide bonds. The van der Waals surface area contributed by atoms with E-state index in [9.17, 15) is 14.0 Å². The van der Waals surface area contributed by atoms with Gasteiger partial charge in [0.2, 0.25) is 0 Å². The van der Waals surface area contributed by atoms with Gasteiger partial charge in [0.15, 0.2) is 0 Å². The molecule has 0 saturated carbocycles. The molecule has 0 aliphatic carbocycles. The summed E-state index contributed by atoms with van der Waals surface area (Å²) in [5.74, 6) is -1.57. The molecule has 1 aliphatic heterocycles. The highest BCUT2D eigenvalue weighted by Gasteiger charge is 2.35. The van der Waals surface area contributed by atoms with Crippen LogP contribution in [0.4, 0.5) is 10.1 Å². The van der Waals surface area contributed by atoms with Crippen LogP contribution in [0.5, 0.6) is 0 Å². The van der Waals surface area contributed by atoms with E-state index in [2.05, 4.69) is 20.8 Å². The Hall–Kier alpha value is -2.40. The first-order valence-corrected chi connectivity index (χ1v) is 9.20. The van der Waals surface area contributed by atoms with Crippen molar-refractivity contribution >= 4 is 29.1 Å². The van der Waals surface area contributed by atoms with Gasteiger partial charge in [-0.3, -0.25) is 9.59 Å². The van der Waals surface area contributed by atoms with Crippen molar-refractivity contribution in [2.45, 2.75) is 32.7 Å². The Kier molecular flexibility index (Phi) is 5.24. The van der Waals surface area contributed by atoms with E-state index in [4.69, 9.17) is 11.6 Å². The van der Waals surface area contributed by atoms with Crippen molar-refractivity contribution in [1.82, 2.24) is 4.90 Å². The predicted molar refractivity (Wildman–Crippen MR) is 104 cm³/mol. The molecule has 27 heavy (non-hydrogen) atoms. The van der Waals surface area contributed by atoms with Crippen LogP contribution in [-0.2, 0) is 21.5 Å². The largest absolute Gasteiger partial charge is 0.328 e. The lowest BCUT2D eigenvalue weighted by atomic mass is 9.85. The maximum Gasteiger partial charge on any atom is 0.316 e. The Morgan fingerprint density at radius 2 is 1.74 bits per heavy atom. The highest BCUT2D eigenvalue weighted by atomic mass is 35.5. The number of nitrogens with zero attached hydrogens (tertiary/aromatic N) is 2. The molecule has 4 nitrogen and oxygen atoms in total. The average molecular weight is 389 g/mol. The van der Waals surface area contributed by atoms with Crippen LogP contribution in [0.3, 0.4) is 0 Å². The Bertz CT molecular complexity index is 892. The van der Waals surface area contributed by atoms with Crippen molar-refractivity contribution in [3.8, 4) is 0 Å². The van der Waals surface area contributed by atoms with Crippen LogP contribution < -0.4 is 4.90 Å². The Morgan fingerprint density at radius 3 is 2.41 bits per heavy atom. The molecule has 2 aromatic rings. The smallest absolute Gasteiger partial charge is 0.316 e. The SMILES string of the molecule is CC(C)(C)c1ccccc1N1CCN(Cc2ccc(F)cc2Cl)C(=O)C1=O. The standard InChI is InChI=1S/C21H22ClFN2O2/c1-21(2,3)16-6-4-5-7-18(16)25-11-10-24(19(26)20(25)27)13-14-8-9-15(23)12-17(14)22/h4-9,12H,10-11,13H2,1-3H3. The minimum absolute atomic E-state index is 0.154. The van der Waals surface area contributed by atoms with Crippen molar-refractivity contribution in [2.24, 2.45) is 0 Å². The second-order valence-corrected chi connectivity index (χ2v) is 8.09. The Labute approximate surface area is 163 Å². The predicted octanol–water partition coefficient (Wildman–Crippen LogP) is 4.15. The molecule has 1 heterocycles. The van der Waals surface area contributed by atoms with Gasteiger partial charge in [-0.1, -0.05) is 56.6 Å². The maximum absolute atomic E-state index is 13.2. The monoisotopic (exact) mass is 388 g/mol. The molecule has 0 aromatic heterocycles. The molecule has 1 fully saturated rings. The van der Waals surface area contributed by atoms with Crippen molar-refractivity contribution in [3.05, 3.63) is 64.4 Å². The summed E-state index contributed by atoms with van der Waals surface area (Å²) in [6, 6.07) is 11.7. The number of hydrogen-bond acceptors (Lipinski definition) is 2. The normalized spacial score (nSPS) is 15.4. The van der Waals surface area contributed by atoms with Crippen molar-refractivity contribution < 1.29 is 14.0 Å². The van der Waals surface area contributed by atoms with Crippen LogP contribution in [0, 0.1) is 5.82 Å². The quantitative estimate of drug-likeness (QED) is 0.741. The van der Waals surface area contributed by atoms with Crippen LogP contribution in [0.15, 0.2) is 42.5 Å². The molecule has 142 valence electrons. The van der Waals surface area contributed by atoms with E-state index < -0.39 is 17.6 Å². The van der Waals surface area contributed by atoms with Gasteiger partial charge < -0.3 is 9.80 Å². The van der Waals surface area contributed by atoms with E-state index in [1.54, 1.807) is 4.90 Å². The van der Waals surface area contributed by atoms with Crippen LogP contribution in [0.1, 0.15) is 31.9 Å². The summed E-state index contributed by atoms with van der Waals surface area (Å²) in [5, 5.41) is 0.246. The zero-order chi connectivity index (χ0) is 19.8.